The average molecular weight is 382 g/mol. The van der Waals surface area contributed by atoms with E-state index in [0.717, 1.165) is 44.5 Å². The molecule has 0 N–H and O–H groups in total. The molecule has 1 aliphatic rings. The maximum Gasteiger partial charge on any atom is 0.0991 e. The van der Waals surface area contributed by atoms with Gasteiger partial charge in [0.1, 0.15) is 0 Å². The zero-order valence-corrected chi connectivity index (χ0v) is 16.8. The van der Waals surface area contributed by atoms with Crippen LogP contribution in [0.2, 0.25) is 0 Å². The Kier molecular flexibility index (Phi) is 4.02. The lowest BCUT2D eigenvalue weighted by Crippen LogP contribution is -1.99. The standard InChI is InChI=1S/C28H18N2/c1-17-3-7-21-22-8-4-18(2)12-26(22)28-14-20(16-30)6-10-24(28)23-9-5-19(15-29)13-27(23)25(21)11-17/h3-14H,1-2H3. The molecule has 4 aromatic rings. The van der Waals surface area contributed by atoms with E-state index >= 15 is 0 Å². The maximum absolute atomic E-state index is 9.53. The van der Waals surface area contributed by atoms with Crippen molar-refractivity contribution in [1.82, 2.24) is 0 Å². The predicted octanol–water partition coefficient (Wildman–Crippen LogP) is 7.03. The second-order valence-corrected chi connectivity index (χ2v) is 7.84. The van der Waals surface area contributed by atoms with E-state index < -0.39 is 0 Å². The molecule has 0 radical (unpaired) electrons. The van der Waals surface area contributed by atoms with E-state index in [4.69, 9.17) is 0 Å². The Morgan fingerprint density at radius 2 is 0.767 bits per heavy atom. The van der Waals surface area contributed by atoms with Crippen LogP contribution in [0.1, 0.15) is 22.3 Å². The van der Waals surface area contributed by atoms with Crippen LogP contribution in [0.3, 0.4) is 0 Å². The summed E-state index contributed by atoms with van der Waals surface area (Å²) >= 11 is 0. The maximum atomic E-state index is 9.53. The van der Waals surface area contributed by atoms with Gasteiger partial charge in [-0.3, -0.25) is 0 Å². The van der Waals surface area contributed by atoms with Crippen LogP contribution in [0.15, 0.2) is 72.8 Å². The van der Waals surface area contributed by atoms with Crippen molar-refractivity contribution < 1.29 is 0 Å². The quantitative estimate of drug-likeness (QED) is 0.289. The molecular formula is C28H18N2. The van der Waals surface area contributed by atoms with Crippen LogP contribution in [-0.2, 0) is 0 Å². The zero-order valence-electron chi connectivity index (χ0n) is 16.8. The number of nitriles is 2. The predicted molar refractivity (Wildman–Crippen MR) is 121 cm³/mol. The van der Waals surface area contributed by atoms with Crippen LogP contribution in [0.25, 0.3) is 44.5 Å². The molecular weight excluding hydrogens is 364 g/mol. The molecule has 0 amide bonds. The first kappa shape index (κ1) is 17.9. The molecule has 0 fully saturated rings. The fourth-order valence-corrected chi connectivity index (χ4v) is 4.37. The highest BCUT2D eigenvalue weighted by Gasteiger charge is 2.22. The first-order valence-electron chi connectivity index (χ1n) is 9.90. The highest BCUT2D eigenvalue weighted by Crippen LogP contribution is 2.48. The van der Waals surface area contributed by atoms with Crippen molar-refractivity contribution in [1.29, 1.82) is 10.5 Å². The molecule has 0 aliphatic heterocycles. The van der Waals surface area contributed by atoms with E-state index in [2.05, 4.69) is 62.4 Å². The summed E-state index contributed by atoms with van der Waals surface area (Å²) in [7, 11) is 0. The molecule has 2 heteroatoms. The normalized spacial score (nSPS) is 10.9. The Morgan fingerprint density at radius 1 is 0.433 bits per heavy atom. The molecule has 2 nitrogen and oxygen atoms in total. The lowest BCUT2D eigenvalue weighted by Gasteiger charge is -2.24. The first-order valence-corrected chi connectivity index (χ1v) is 9.90. The molecule has 140 valence electrons. The molecule has 0 bridgehead atoms. The van der Waals surface area contributed by atoms with Gasteiger partial charge < -0.3 is 0 Å². The van der Waals surface area contributed by atoms with Crippen molar-refractivity contribution in [3.8, 4) is 56.6 Å². The molecule has 0 unspecified atom stereocenters. The number of benzene rings is 4. The number of fused-ring (bicyclic) bond motifs is 8. The van der Waals surface area contributed by atoms with Gasteiger partial charge in [0, 0.05) is 0 Å². The molecule has 0 aromatic heterocycles. The van der Waals surface area contributed by atoms with Gasteiger partial charge >= 0.3 is 0 Å². The SMILES string of the molecule is Cc1ccc2c(c1)-c1cc(C#N)ccc1-c1ccc(C#N)cc1-c1cc(C)ccc1-2. The van der Waals surface area contributed by atoms with Crippen LogP contribution < -0.4 is 0 Å². The van der Waals surface area contributed by atoms with Gasteiger partial charge in [-0.15, -0.1) is 0 Å². The van der Waals surface area contributed by atoms with Crippen molar-refractivity contribution >= 4 is 0 Å². The summed E-state index contributed by atoms with van der Waals surface area (Å²) in [6.45, 7) is 4.19. The van der Waals surface area contributed by atoms with Crippen LogP contribution in [0.5, 0.6) is 0 Å². The minimum Gasteiger partial charge on any atom is -0.192 e. The summed E-state index contributed by atoms with van der Waals surface area (Å²) < 4.78 is 0. The highest BCUT2D eigenvalue weighted by molar-refractivity contribution is 6.03. The van der Waals surface area contributed by atoms with Gasteiger partial charge in [-0.05, 0) is 82.6 Å². The molecule has 1 aliphatic carbocycles. The van der Waals surface area contributed by atoms with Gasteiger partial charge in [-0.2, -0.15) is 10.5 Å². The fraction of sp³-hybridized carbons (Fsp3) is 0.0714. The van der Waals surface area contributed by atoms with Crippen LogP contribution in [0, 0.1) is 36.5 Å². The second kappa shape index (κ2) is 6.73. The number of hydrogen-bond donors (Lipinski definition) is 0. The molecule has 0 atom stereocenters. The van der Waals surface area contributed by atoms with Gasteiger partial charge in [0.05, 0.1) is 23.3 Å². The monoisotopic (exact) mass is 382 g/mol. The van der Waals surface area contributed by atoms with Gasteiger partial charge in [-0.1, -0.05) is 59.7 Å². The third-order valence-corrected chi connectivity index (χ3v) is 5.81. The molecule has 0 saturated carbocycles. The zero-order chi connectivity index (χ0) is 20.8. The Balaban J connectivity index is 2.01. The molecule has 30 heavy (non-hydrogen) atoms. The highest BCUT2D eigenvalue weighted by atomic mass is 14.3. The van der Waals surface area contributed by atoms with Gasteiger partial charge in [-0.25, -0.2) is 0 Å². The minimum absolute atomic E-state index is 0.640. The van der Waals surface area contributed by atoms with Crippen molar-refractivity contribution in [2.45, 2.75) is 13.8 Å². The Labute approximate surface area is 176 Å². The number of nitrogens with zero attached hydrogens (tertiary/aromatic N) is 2. The summed E-state index contributed by atoms with van der Waals surface area (Å²) in [5.74, 6) is 0. The third-order valence-electron chi connectivity index (χ3n) is 5.81. The van der Waals surface area contributed by atoms with E-state index in [1.807, 2.05) is 36.4 Å². The van der Waals surface area contributed by atoms with Gasteiger partial charge in [0.25, 0.3) is 0 Å². The second-order valence-electron chi connectivity index (χ2n) is 7.84. The van der Waals surface area contributed by atoms with Crippen molar-refractivity contribution in [3.63, 3.8) is 0 Å². The van der Waals surface area contributed by atoms with Crippen molar-refractivity contribution in [3.05, 3.63) is 95.1 Å². The summed E-state index contributed by atoms with van der Waals surface area (Å²) in [5, 5.41) is 19.1. The largest absolute Gasteiger partial charge is 0.192 e. The Morgan fingerprint density at radius 3 is 1.13 bits per heavy atom. The van der Waals surface area contributed by atoms with Crippen LogP contribution >= 0.6 is 0 Å². The third kappa shape index (κ3) is 2.71. The van der Waals surface area contributed by atoms with E-state index in [9.17, 15) is 10.5 Å². The van der Waals surface area contributed by atoms with Crippen molar-refractivity contribution in [2.75, 3.05) is 0 Å². The summed E-state index contributed by atoms with van der Waals surface area (Å²) in [4.78, 5) is 0. The minimum atomic E-state index is 0.640. The first-order chi connectivity index (χ1) is 14.6. The Hall–Kier alpha value is -4.14. The van der Waals surface area contributed by atoms with E-state index in [-0.39, 0.29) is 0 Å². The lowest BCUT2D eigenvalue weighted by molar-refractivity contribution is 1.41. The molecule has 5 rings (SSSR count). The smallest absolute Gasteiger partial charge is 0.0991 e. The molecule has 4 aromatic carbocycles. The topological polar surface area (TPSA) is 47.6 Å². The number of hydrogen-bond acceptors (Lipinski definition) is 2. The summed E-state index contributed by atoms with van der Waals surface area (Å²) in [6.07, 6.45) is 0. The van der Waals surface area contributed by atoms with Crippen LogP contribution in [0.4, 0.5) is 0 Å². The van der Waals surface area contributed by atoms with Crippen molar-refractivity contribution in [2.24, 2.45) is 0 Å². The van der Waals surface area contributed by atoms with Gasteiger partial charge in [0.15, 0.2) is 0 Å². The van der Waals surface area contributed by atoms with E-state index in [1.165, 1.54) is 11.1 Å². The summed E-state index contributed by atoms with van der Waals surface area (Å²) in [6, 6.07) is 29.3. The van der Waals surface area contributed by atoms with Crippen LogP contribution in [-0.4, -0.2) is 0 Å². The van der Waals surface area contributed by atoms with E-state index in [0.29, 0.717) is 11.1 Å². The summed E-state index contributed by atoms with van der Waals surface area (Å²) in [5.41, 5.74) is 12.4. The number of aryl methyl sites for hydroxylation is 2. The Bertz CT molecular complexity index is 1320. The number of rotatable bonds is 0. The fourth-order valence-electron chi connectivity index (χ4n) is 4.37. The molecule has 0 saturated heterocycles. The van der Waals surface area contributed by atoms with Gasteiger partial charge in [0.2, 0.25) is 0 Å². The lowest BCUT2D eigenvalue weighted by atomic mass is 9.79. The average Bonchev–Trinajstić information content (AvgIpc) is 2.77. The molecule has 0 spiro atoms. The molecule has 0 heterocycles. The van der Waals surface area contributed by atoms with E-state index in [1.54, 1.807) is 0 Å².